The quantitative estimate of drug-likeness (QED) is 0.831. The van der Waals surface area contributed by atoms with E-state index in [1.165, 1.54) is 19.8 Å². The highest BCUT2D eigenvalue weighted by Gasteiger charge is 2.48. The molecule has 0 radical (unpaired) electrons. The van der Waals surface area contributed by atoms with Crippen LogP contribution in [0.15, 0.2) is 10.6 Å². The first-order valence-corrected chi connectivity index (χ1v) is 8.89. The molecule has 3 fully saturated rings. The molecule has 1 aromatic heterocycles. The highest BCUT2D eigenvalue weighted by molar-refractivity contribution is 5.91. The molecule has 2 saturated heterocycles. The summed E-state index contributed by atoms with van der Waals surface area (Å²) in [6, 6.07) is 1.30. The fourth-order valence-corrected chi connectivity index (χ4v) is 4.06. The van der Waals surface area contributed by atoms with Crippen LogP contribution in [0, 0.1) is 0 Å². The molecule has 8 nitrogen and oxygen atoms in total. The van der Waals surface area contributed by atoms with E-state index in [-0.39, 0.29) is 41.9 Å². The number of ether oxygens (including phenoxy) is 2. The Hall–Kier alpha value is -1.93. The molecule has 3 aliphatic rings. The van der Waals surface area contributed by atoms with Gasteiger partial charge in [-0.2, -0.15) is 0 Å². The lowest BCUT2D eigenvalue weighted by Crippen LogP contribution is -2.46. The van der Waals surface area contributed by atoms with Crippen molar-refractivity contribution < 1.29 is 23.6 Å². The lowest BCUT2D eigenvalue weighted by Gasteiger charge is -2.17. The monoisotopic (exact) mass is 349 g/mol. The minimum Gasteiger partial charge on any atom is -0.371 e. The number of carbonyl (C=O) groups excluding carboxylic acids is 2. The molecule has 1 saturated carbocycles. The highest BCUT2D eigenvalue weighted by atomic mass is 16.6. The van der Waals surface area contributed by atoms with Crippen molar-refractivity contribution in [3.63, 3.8) is 0 Å². The summed E-state index contributed by atoms with van der Waals surface area (Å²) in [5.74, 6) is 0.201. The van der Waals surface area contributed by atoms with Gasteiger partial charge in [-0.15, -0.1) is 0 Å². The zero-order valence-electron chi connectivity index (χ0n) is 14.2. The Bertz CT molecular complexity index is 654. The Morgan fingerprint density at radius 1 is 1.08 bits per heavy atom. The third kappa shape index (κ3) is 3.28. The predicted octanol–water partition coefficient (Wildman–Crippen LogP) is 0.733. The van der Waals surface area contributed by atoms with Gasteiger partial charge in [0.2, 0.25) is 11.7 Å². The first-order valence-electron chi connectivity index (χ1n) is 8.89. The molecule has 0 aromatic carbocycles. The molecule has 1 aromatic rings. The number of hydrogen-bond acceptors (Lipinski definition) is 6. The van der Waals surface area contributed by atoms with E-state index in [0.29, 0.717) is 19.1 Å². The second-order valence-corrected chi connectivity index (χ2v) is 7.08. The van der Waals surface area contributed by atoms with E-state index in [2.05, 4.69) is 15.8 Å². The van der Waals surface area contributed by atoms with Crippen molar-refractivity contribution in [2.75, 3.05) is 13.2 Å². The van der Waals surface area contributed by atoms with Crippen molar-refractivity contribution in [1.29, 1.82) is 0 Å². The third-order valence-corrected chi connectivity index (χ3v) is 5.28. The third-order valence-electron chi connectivity index (χ3n) is 5.28. The van der Waals surface area contributed by atoms with Gasteiger partial charge in [0, 0.05) is 18.9 Å². The predicted molar refractivity (Wildman–Crippen MR) is 86.1 cm³/mol. The number of rotatable bonds is 4. The summed E-state index contributed by atoms with van der Waals surface area (Å²) in [6.45, 7) is 2.20. The van der Waals surface area contributed by atoms with Crippen molar-refractivity contribution in [3.05, 3.63) is 17.5 Å². The number of amides is 2. The van der Waals surface area contributed by atoms with Crippen LogP contribution in [0.1, 0.15) is 54.8 Å². The van der Waals surface area contributed by atoms with Crippen molar-refractivity contribution >= 4 is 11.8 Å². The molecular weight excluding hydrogens is 326 g/mol. The smallest absolute Gasteiger partial charge is 0.290 e. The largest absolute Gasteiger partial charge is 0.371 e. The van der Waals surface area contributed by atoms with Crippen molar-refractivity contribution in [2.24, 2.45) is 0 Å². The van der Waals surface area contributed by atoms with E-state index < -0.39 is 0 Å². The molecule has 2 amide bonds. The number of nitrogens with zero attached hydrogens (tertiary/aromatic N) is 1. The molecule has 0 spiro atoms. The maximum absolute atomic E-state index is 12.5. The van der Waals surface area contributed by atoms with Crippen molar-refractivity contribution in [2.45, 2.75) is 62.8 Å². The second-order valence-electron chi connectivity index (χ2n) is 7.08. The van der Waals surface area contributed by atoms with E-state index in [4.69, 9.17) is 14.0 Å². The molecule has 4 atom stereocenters. The van der Waals surface area contributed by atoms with Gasteiger partial charge in [-0.1, -0.05) is 18.0 Å². The van der Waals surface area contributed by atoms with E-state index in [9.17, 15) is 9.59 Å². The molecule has 4 rings (SSSR count). The first kappa shape index (κ1) is 16.5. The van der Waals surface area contributed by atoms with Gasteiger partial charge in [-0.05, 0) is 12.8 Å². The van der Waals surface area contributed by atoms with Crippen molar-refractivity contribution in [1.82, 2.24) is 15.8 Å². The van der Waals surface area contributed by atoms with Crippen LogP contribution in [0.2, 0.25) is 0 Å². The van der Waals surface area contributed by atoms with E-state index in [1.54, 1.807) is 6.07 Å². The van der Waals surface area contributed by atoms with Gasteiger partial charge in [-0.3, -0.25) is 9.59 Å². The van der Waals surface area contributed by atoms with Crippen LogP contribution in [0.25, 0.3) is 0 Å². The number of hydrogen-bond donors (Lipinski definition) is 2. The zero-order valence-corrected chi connectivity index (χ0v) is 14.2. The SMILES string of the molecule is CC(=O)N[C@H]1CO[C@H]2[C@@H]1OC[C@@H]2NC(=O)c1cc(C2CCCC2)no1. The summed E-state index contributed by atoms with van der Waals surface area (Å²) in [4.78, 5) is 23.7. The fraction of sp³-hybridized carbons (Fsp3) is 0.706. The second kappa shape index (κ2) is 6.76. The zero-order chi connectivity index (χ0) is 17.4. The van der Waals surface area contributed by atoms with Gasteiger partial charge in [0.25, 0.3) is 5.91 Å². The molecule has 0 bridgehead atoms. The van der Waals surface area contributed by atoms with Crippen molar-refractivity contribution in [3.8, 4) is 0 Å². The van der Waals surface area contributed by atoms with Gasteiger partial charge in [-0.25, -0.2) is 0 Å². The van der Waals surface area contributed by atoms with Crippen LogP contribution in [-0.2, 0) is 14.3 Å². The van der Waals surface area contributed by atoms with Crippen LogP contribution < -0.4 is 10.6 Å². The molecule has 25 heavy (non-hydrogen) atoms. The van der Waals surface area contributed by atoms with Gasteiger partial charge in [0.05, 0.1) is 31.0 Å². The first-order chi connectivity index (χ1) is 12.1. The lowest BCUT2D eigenvalue weighted by molar-refractivity contribution is -0.120. The minimum atomic E-state index is -0.308. The number of carbonyl (C=O) groups is 2. The molecule has 3 heterocycles. The summed E-state index contributed by atoms with van der Waals surface area (Å²) in [5, 5.41) is 9.79. The molecule has 1 aliphatic carbocycles. The lowest BCUT2D eigenvalue weighted by atomic mass is 10.0. The number of fused-ring (bicyclic) bond motifs is 1. The standard InChI is InChI=1S/C17H23N3O5/c1-9(21)18-12-7-23-16-13(8-24-15(12)16)19-17(22)14-6-11(20-25-14)10-4-2-3-5-10/h6,10,12-13,15-16H,2-5,7-8H2,1H3,(H,18,21)(H,19,22)/t12-,13-,15+,16+/m0/s1. The van der Waals surface area contributed by atoms with E-state index in [0.717, 1.165) is 18.5 Å². The summed E-state index contributed by atoms with van der Waals surface area (Å²) in [5.41, 5.74) is 0.867. The maximum atomic E-state index is 12.5. The molecular formula is C17H23N3O5. The summed E-state index contributed by atoms with van der Waals surface area (Å²) >= 11 is 0. The topological polar surface area (TPSA) is 103 Å². The Morgan fingerprint density at radius 3 is 2.36 bits per heavy atom. The fourth-order valence-electron chi connectivity index (χ4n) is 4.06. The van der Waals surface area contributed by atoms with Crippen LogP contribution >= 0.6 is 0 Å². The maximum Gasteiger partial charge on any atom is 0.290 e. The number of nitrogens with one attached hydrogen (secondary N) is 2. The summed E-state index contributed by atoms with van der Waals surface area (Å²) in [7, 11) is 0. The van der Waals surface area contributed by atoms with Crippen LogP contribution in [0.5, 0.6) is 0 Å². The van der Waals surface area contributed by atoms with E-state index in [1.807, 2.05) is 0 Å². The van der Waals surface area contributed by atoms with Crippen LogP contribution in [0.4, 0.5) is 0 Å². The summed E-state index contributed by atoms with van der Waals surface area (Å²) < 4.78 is 16.7. The van der Waals surface area contributed by atoms with Gasteiger partial charge in [0.1, 0.15) is 12.2 Å². The average molecular weight is 349 g/mol. The average Bonchev–Trinajstić information content (AvgIpc) is 3.33. The molecule has 2 N–H and O–H groups in total. The Labute approximate surface area is 145 Å². The highest BCUT2D eigenvalue weighted by Crippen LogP contribution is 2.33. The van der Waals surface area contributed by atoms with Gasteiger partial charge in [0.15, 0.2) is 0 Å². The summed E-state index contributed by atoms with van der Waals surface area (Å²) in [6.07, 6.45) is 4.11. The Morgan fingerprint density at radius 2 is 1.72 bits per heavy atom. The van der Waals surface area contributed by atoms with Crippen LogP contribution in [-0.4, -0.2) is 54.5 Å². The minimum absolute atomic E-state index is 0.119. The number of aromatic nitrogens is 1. The van der Waals surface area contributed by atoms with E-state index >= 15 is 0 Å². The van der Waals surface area contributed by atoms with Gasteiger partial charge >= 0.3 is 0 Å². The molecule has 2 aliphatic heterocycles. The normalized spacial score (nSPS) is 31.9. The van der Waals surface area contributed by atoms with Gasteiger partial charge < -0.3 is 24.6 Å². The Balaban J connectivity index is 1.36. The molecule has 0 unspecified atom stereocenters. The molecule has 8 heteroatoms. The molecule has 136 valence electrons. The Kier molecular flexibility index (Phi) is 4.47. The van der Waals surface area contributed by atoms with Crippen LogP contribution in [0.3, 0.4) is 0 Å².